The van der Waals surface area contributed by atoms with E-state index in [4.69, 9.17) is 4.74 Å². The molecule has 0 saturated heterocycles. The summed E-state index contributed by atoms with van der Waals surface area (Å²) in [4.78, 5) is 21.9. The van der Waals surface area contributed by atoms with Crippen LogP contribution >= 0.6 is 15.9 Å². The van der Waals surface area contributed by atoms with Gasteiger partial charge in [0.05, 0.1) is 18.2 Å². The zero-order chi connectivity index (χ0) is 17.7. The van der Waals surface area contributed by atoms with E-state index >= 15 is 0 Å². The molecule has 124 valence electrons. The van der Waals surface area contributed by atoms with Crippen molar-refractivity contribution >= 4 is 33.7 Å². The molecule has 24 heavy (non-hydrogen) atoms. The van der Waals surface area contributed by atoms with Gasteiger partial charge >= 0.3 is 0 Å². The molecule has 0 aliphatic heterocycles. The van der Waals surface area contributed by atoms with Crippen molar-refractivity contribution in [1.82, 2.24) is 5.43 Å². The standard InChI is InChI=1S/C15H12BrN3O5/c1-24-12-4-2-9(3-5-12)15(21)18-17-8-10-6-11(16)7-13(14(10)20)19(22)23/h2-8,20H,1H3,(H,18,21)/p-1/b17-8-. The summed E-state index contributed by atoms with van der Waals surface area (Å²) in [6.07, 6.45) is 1.06. The minimum absolute atomic E-state index is 0.0221. The maximum atomic E-state index is 11.9. The van der Waals surface area contributed by atoms with Crippen LogP contribution in [-0.4, -0.2) is 24.2 Å². The number of methoxy groups -OCH3 is 1. The third kappa shape index (κ3) is 4.07. The zero-order valence-electron chi connectivity index (χ0n) is 12.4. The van der Waals surface area contributed by atoms with Gasteiger partial charge in [-0.25, -0.2) is 5.43 Å². The van der Waals surface area contributed by atoms with E-state index in [9.17, 15) is 20.0 Å². The Balaban J connectivity index is 2.13. The number of ether oxygens (including phenoxy) is 1. The smallest absolute Gasteiger partial charge is 0.271 e. The summed E-state index contributed by atoms with van der Waals surface area (Å²) in [6, 6.07) is 8.81. The number of nitrogens with zero attached hydrogens (tertiary/aromatic N) is 2. The Hall–Kier alpha value is -2.94. The molecule has 0 saturated carbocycles. The van der Waals surface area contributed by atoms with Crippen molar-refractivity contribution < 1.29 is 19.6 Å². The summed E-state index contributed by atoms with van der Waals surface area (Å²) in [5.74, 6) is -0.677. The van der Waals surface area contributed by atoms with Crippen molar-refractivity contribution in [2.75, 3.05) is 7.11 Å². The second-order valence-electron chi connectivity index (χ2n) is 4.53. The molecule has 2 rings (SSSR count). The van der Waals surface area contributed by atoms with Crippen LogP contribution in [0.3, 0.4) is 0 Å². The summed E-state index contributed by atoms with van der Waals surface area (Å²) >= 11 is 3.08. The number of rotatable bonds is 5. The fraction of sp³-hybridized carbons (Fsp3) is 0.0667. The van der Waals surface area contributed by atoms with Gasteiger partial charge < -0.3 is 9.84 Å². The monoisotopic (exact) mass is 392 g/mol. The lowest BCUT2D eigenvalue weighted by Gasteiger charge is -2.10. The Kier molecular flexibility index (Phi) is 5.48. The Morgan fingerprint density at radius 1 is 1.33 bits per heavy atom. The largest absolute Gasteiger partial charge is 0.867 e. The van der Waals surface area contributed by atoms with E-state index in [0.717, 1.165) is 12.3 Å². The van der Waals surface area contributed by atoms with Gasteiger partial charge in [-0.3, -0.25) is 14.9 Å². The fourth-order valence-corrected chi connectivity index (χ4v) is 2.26. The lowest BCUT2D eigenvalue weighted by molar-refractivity contribution is -0.398. The van der Waals surface area contributed by atoms with Crippen LogP contribution in [0, 0.1) is 10.1 Å². The van der Waals surface area contributed by atoms with E-state index in [-0.39, 0.29) is 5.56 Å². The summed E-state index contributed by atoms with van der Waals surface area (Å²) in [6.45, 7) is 0. The van der Waals surface area contributed by atoms with E-state index in [0.29, 0.717) is 15.8 Å². The third-order valence-corrected chi connectivity index (χ3v) is 3.44. The first-order valence-electron chi connectivity index (χ1n) is 6.54. The number of nitrogens with one attached hydrogen (secondary N) is 1. The average Bonchev–Trinajstić information content (AvgIpc) is 2.57. The van der Waals surface area contributed by atoms with Crippen LogP contribution in [0.2, 0.25) is 0 Å². The minimum Gasteiger partial charge on any atom is -0.867 e. The molecule has 0 spiro atoms. The van der Waals surface area contributed by atoms with Gasteiger partial charge in [0.2, 0.25) is 0 Å². The van der Waals surface area contributed by atoms with Crippen molar-refractivity contribution in [3.05, 3.63) is 62.1 Å². The van der Waals surface area contributed by atoms with Crippen LogP contribution in [-0.2, 0) is 0 Å². The number of halogens is 1. The summed E-state index contributed by atoms with van der Waals surface area (Å²) in [7, 11) is 1.51. The average molecular weight is 393 g/mol. The first-order chi connectivity index (χ1) is 11.4. The fourth-order valence-electron chi connectivity index (χ4n) is 1.80. The molecule has 0 radical (unpaired) electrons. The highest BCUT2D eigenvalue weighted by Crippen LogP contribution is 2.30. The van der Waals surface area contributed by atoms with Crippen LogP contribution < -0.4 is 15.3 Å². The summed E-state index contributed by atoms with van der Waals surface area (Å²) in [5, 5.41) is 26.4. The number of hydrazone groups is 1. The normalized spacial score (nSPS) is 10.6. The molecule has 0 aliphatic rings. The van der Waals surface area contributed by atoms with Crippen LogP contribution in [0.1, 0.15) is 15.9 Å². The molecule has 1 N–H and O–H groups in total. The quantitative estimate of drug-likeness (QED) is 0.475. The first-order valence-corrected chi connectivity index (χ1v) is 7.34. The third-order valence-electron chi connectivity index (χ3n) is 2.98. The van der Waals surface area contributed by atoms with E-state index in [2.05, 4.69) is 26.5 Å². The summed E-state index contributed by atoms with van der Waals surface area (Å²) in [5.41, 5.74) is 1.99. The lowest BCUT2D eigenvalue weighted by atomic mass is 10.2. The molecule has 1 amide bonds. The molecule has 8 nitrogen and oxygen atoms in total. The SMILES string of the molecule is COc1ccc(C(=O)N/N=C\c2cc(Br)cc([N+](=O)[O-])c2[O-])cc1. The number of carbonyl (C=O) groups excluding carboxylic acids is 1. The molecule has 2 aromatic carbocycles. The van der Waals surface area contributed by atoms with Gasteiger partial charge in [0.15, 0.2) is 0 Å². The highest BCUT2D eigenvalue weighted by molar-refractivity contribution is 9.10. The Morgan fingerprint density at radius 3 is 2.58 bits per heavy atom. The molecule has 0 fully saturated rings. The molecule has 2 aromatic rings. The highest BCUT2D eigenvalue weighted by atomic mass is 79.9. The number of nitro benzene ring substituents is 1. The van der Waals surface area contributed by atoms with E-state index in [1.54, 1.807) is 24.3 Å². The molecule has 0 aliphatic carbocycles. The zero-order valence-corrected chi connectivity index (χ0v) is 13.9. The topological polar surface area (TPSA) is 117 Å². The number of hydrogen-bond acceptors (Lipinski definition) is 6. The molecule has 0 atom stereocenters. The highest BCUT2D eigenvalue weighted by Gasteiger charge is 2.11. The number of hydrogen-bond donors (Lipinski definition) is 1. The summed E-state index contributed by atoms with van der Waals surface area (Å²) < 4.78 is 5.35. The molecule has 0 heterocycles. The van der Waals surface area contributed by atoms with Gasteiger partial charge in [0, 0.05) is 16.1 Å². The lowest BCUT2D eigenvalue weighted by Crippen LogP contribution is -2.17. The van der Waals surface area contributed by atoms with Crippen molar-refractivity contribution in [3.8, 4) is 11.5 Å². The predicted octanol–water partition coefficient (Wildman–Crippen LogP) is 2.20. The Bertz CT molecular complexity index is 806. The predicted molar refractivity (Wildman–Crippen MR) is 88.3 cm³/mol. The second-order valence-corrected chi connectivity index (χ2v) is 5.44. The molecule has 0 unspecified atom stereocenters. The van der Waals surface area contributed by atoms with Crippen LogP contribution in [0.15, 0.2) is 46.0 Å². The Labute approximate surface area is 145 Å². The number of carbonyl (C=O) groups is 1. The van der Waals surface area contributed by atoms with Gasteiger partial charge in [-0.1, -0.05) is 15.9 Å². The van der Waals surface area contributed by atoms with Crippen LogP contribution in [0.4, 0.5) is 5.69 Å². The molecule has 0 aromatic heterocycles. The number of amides is 1. The maximum Gasteiger partial charge on any atom is 0.271 e. The van der Waals surface area contributed by atoms with Gasteiger partial charge in [0.1, 0.15) is 5.75 Å². The molecule has 0 bridgehead atoms. The van der Waals surface area contributed by atoms with E-state index in [1.165, 1.54) is 13.2 Å². The van der Waals surface area contributed by atoms with Gasteiger partial charge in [-0.15, -0.1) is 0 Å². The molecule has 9 heteroatoms. The van der Waals surface area contributed by atoms with E-state index < -0.39 is 22.3 Å². The maximum absolute atomic E-state index is 11.9. The minimum atomic E-state index is -0.786. The number of benzene rings is 2. The number of nitro groups is 1. The van der Waals surface area contributed by atoms with E-state index in [1.807, 2.05) is 0 Å². The van der Waals surface area contributed by atoms with Crippen LogP contribution in [0.5, 0.6) is 11.5 Å². The van der Waals surface area contributed by atoms with Gasteiger partial charge in [-0.2, -0.15) is 5.10 Å². The molecular formula is C15H11BrN3O5-. The van der Waals surface area contributed by atoms with Crippen molar-refractivity contribution in [2.24, 2.45) is 5.10 Å². The van der Waals surface area contributed by atoms with Crippen LogP contribution in [0.25, 0.3) is 0 Å². The van der Waals surface area contributed by atoms with Crippen molar-refractivity contribution in [2.45, 2.75) is 0 Å². The Morgan fingerprint density at radius 2 is 2.00 bits per heavy atom. The van der Waals surface area contributed by atoms with Gasteiger partial charge in [0.25, 0.3) is 11.6 Å². The van der Waals surface area contributed by atoms with Gasteiger partial charge in [-0.05, 0) is 41.6 Å². The van der Waals surface area contributed by atoms with Crippen molar-refractivity contribution in [1.29, 1.82) is 0 Å². The first kappa shape index (κ1) is 17.4. The second kappa shape index (κ2) is 7.55. The van der Waals surface area contributed by atoms with Crippen molar-refractivity contribution in [3.63, 3.8) is 0 Å². The molecular weight excluding hydrogens is 382 g/mol.